The summed E-state index contributed by atoms with van der Waals surface area (Å²) in [6, 6.07) is 3.50. The van der Waals surface area contributed by atoms with Gasteiger partial charge < -0.3 is 4.98 Å². The van der Waals surface area contributed by atoms with E-state index in [1.165, 1.54) is 6.07 Å². The van der Waals surface area contributed by atoms with Crippen molar-refractivity contribution in [3.8, 4) is 0 Å². The van der Waals surface area contributed by atoms with E-state index in [2.05, 4.69) is 11.6 Å². The summed E-state index contributed by atoms with van der Waals surface area (Å²) in [7, 11) is 0. The molecule has 0 aliphatic rings. The molecule has 0 aliphatic heterocycles. The minimum atomic E-state index is -6.68. The van der Waals surface area contributed by atoms with Gasteiger partial charge in [-0.05, 0) is 35.9 Å². The van der Waals surface area contributed by atoms with Gasteiger partial charge in [-0.3, -0.25) is 4.79 Å². The maximum Gasteiger partial charge on any atom is 0.393 e. The van der Waals surface area contributed by atoms with Crippen molar-refractivity contribution in [3.63, 3.8) is 0 Å². The van der Waals surface area contributed by atoms with Gasteiger partial charge in [0.15, 0.2) is 0 Å². The fourth-order valence-electron chi connectivity index (χ4n) is 1.96. The Bertz CT molecular complexity index is 874. The molecule has 25 heavy (non-hydrogen) atoms. The summed E-state index contributed by atoms with van der Waals surface area (Å²) >= 11 is 9.44. The number of halogens is 10. The first-order valence-corrected chi connectivity index (χ1v) is 6.92. The van der Waals surface area contributed by atoms with Crippen molar-refractivity contribution in [3.05, 3.63) is 45.2 Å². The van der Waals surface area contributed by atoms with Crippen molar-refractivity contribution in [1.82, 2.24) is 4.98 Å². The lowest BCUT2D eigenvalue weighted by atomic mass is 9.97. The number of nitrogens with one attached hydrogen (secondary N) is 1. The fraction of sp³-hybridized carbons (Fsp3) is 0.308. The summed E-state index contributed by atoms with van der Waals surface area (Å²) < 4.78 is 107. The van der Waals surface area contributed by atoms with Crippen molar-refractivity contribution < 1.29 is 35.1 Å². The lowest BCUT2D eigenvalue weighted by molar-refractivity contribution is -0.353. The van der Waals surface area contributed by atoms with Crippen LogP contribution in [-0.4, -0.2) is 22.2 Å². The fourth-order valence-corrected chi connectivity index (χ4v) is 2.25. The molecule has 0 saturated heterocycles. The Hall–Kier alpha value is -1.55. The quantitative estimate of drug-likeness (QED) is 0.530. The highest BCUT2D eigenvalue weighted by molar-refractivity contribution is 6.31. The smallest absolute Gasteiger partial charge is 0.322 e. The van der Waals surface area contributed by atoms with Gasteiger partial charge in [0.05, 0.1) is 5.56 Å². The van der Waals surface area contributed by atoms with Gasteiger partial charge >= 0.3 is 23.1 Å². The molecular weight excluding hydrogens is 409 g/mol. The average Bonchev–Trinajstić information content (AvgIpc) is 2.45. The van der Waals surface area contributed by atoms with Crippen LogP contribution in [0.25, 0.3) is 10.9 Å². The van der Waals surface area contributed by atoms with E-state index in [0.29, 0.717) is 0 Å². The van der Waals surface area contributed by atoms with E-state index in [-0.39, 0.29) is 22.0 Å². The largest absolute Gasteiger partial charge is 0.393 e. The molecule has 0 radical (unpaired) electrons. The molecule has 1 N–H and O–H groups in total. The van der Waals surface area contributed by atoms with E-state index in [0.717, 1.165) is 12.1 Å². The number of alkyl halides is 9. The Balaban J connectivity index is 2.72. The van der Waals surface area contributed by atoms with Crippen LogP contribution in [-0.2, 0) is 5.92 Å². The van der Waals surface area contributed by atoms with E-state index >= 15 is 0 Å². The van der Waals surface area contributed by atoms with Crippen LogP contribution in [0.4, 0.5) is 35.1 Å². The van der Waals surface area contributed by atoms with Crippen LogP contribution in [0.3, 0.4) is 0 Å². The number of aromatic amines is 1. The topological polar surface area (TPSA) is 32.9 Å². The molecule has 138 valence electrons. The lowest BCUT2D eigenvalue weighted by Gasteiger charge is -2.34. The molecule has 2 nitrogen and oxygen atoms in total. The van der Waals surface area contributed by atoms with E-state index < -0.39 is 34.3 Å². The molecule has 0 bridgehead atoms. The van der Waals surface area contributed by atoms with Crippen LogP contribution >= 0.6 is 23.2 Å². The SMILES string of the molecule is O=c1[nH]c2ccc(Cl)cc2cc1C(F)(F)C(F)(F)C(F)(F)C(F)(F)Cl. The van der Waals surface area contributed by atoms with Gasteiger partial charge in [-0.25, -0.2) is 0 Å². The second-order valence-corrected chi connectivity index (χ2v) is 5.88. The second-order valence-electron chi connectivity index (χ2n) is 4.96. The Morgan fingerprint density at radius 1 is 0.880 bits per heavy atom. The molecule has 1 heterocycles. The molecule has 0 atom stereocenters. The van der Waals surface area contributed by atoms with Gasteiger partial charge in [-0.1, -0.05) is 11.6 Å². The number of hydrogen-bond acceptors (Lipinski definition) is 1. The summed E-state index contributed by atoms with van der Waals surface area (Å²) in [4.78, 5) is 13.4. The standard InChI is InChI=1S/C13H5Cl2F8NO/c14-6-1-2-8-5(3-6)4-7(9(25)24-8)10(16,17)11(18,19)12(20,21)13(15,22)23/h1-4H,(H,24,25). The molecule has 1 aromatic carbocycles. The zero-order valence-electron chi connectivity index (χ0n) is 11.5. The number of hydrogen-bond donors (Lipinski definition) is 1. The first kappa shape index (κ1) is 19.8. The third-order valence-electron chi connectivity index (χ3n) is 3.29. The minimum Gasteiger partial charge on any atom is -0.322 e. The number of aromatic nitrogens is 1. The molecule has 2 aromatic rings. The predicted octanol–water partition coefficient (Wildman–Crippen LogP) is 5.38. The van der Waals surface area contributed by atoms with Crippen LogP contribution in [0.2, 0.25) is 5.02 Å². The molecule has 0 spiro atoms. The first-order chi connectivity index (χ1) is 11.1. The zero-order chi connectivity index (χ0) is 19.4. The molecule has 12 heteroatoms. The third kappa shape index (κ3) is 2.95. The molecule has 2 rings (SSSR count). The van der Waals surface area contributed by atoms with Crippen molar-refractivity contribution in [2.24, 2.45) is 0 Å². The van der Waals surface area contributed by atoms with E-state index in [9.17, 15) is 39.9 Å². The molecule has 0 aliphatic carbocycles. The van der Waals surface area contributed by atoms with Crippen molar-refractivity contribution in [2.45, 2.75) is 23.1 Å². The monoisotopic (exact) mass is 413 g/mol. The van der Waals surface area contributed by atoms with Crippen LogP contribution in [0.15, 0.2) is 29.1 Å². The van der Waals surface area contributed by atoms with E-state index in [4.69, 9.17) is 11.6 Å². The summed E-state index contributed by atoms with van der Waals surface area (Å²) in [5.74, 6) is -19.3. The summed E-state index contributed by atoms with van der Waals surface area (Å²) in [6.07, 6.45) is 0. The molecule has 0 unspecified atom stereocenters. The number of benzene rings is 1. The number of rotatable bonds is 4. The summed E-state index contributed by atoms with van der Waals surface area (Å²) in [6.45, 7) is 0. The molecule has 0 amide bonds. The van der Waals surface area contributed by atoms with Crippen LogP contribution in [0, 0.1) is 0 Å². The van der Waals surface area contributed by atoms with Gasteiger partial charge in [0.25, 0.3) is 5.56 Å². The van der Waals surface area contributed by atoms with Gasteiger partial charge in [0.1, 0.15) is 0 Å². The van der Waals surface area contributed by atoms with E-state index in [1.807, 2.05) is 0 Å². The highest BCUT2D eigenvalue weighted by Gasteiger charge is 2.81. The molecule has 1 aromatic heterocycles. The third-order valence-corrected chi connectivity index (χ3v) is 3.76. The molecular formula is C13H5Cl2F8NO. The number of pyridine rings is 1. The van der Waals surface area contributed by atoms with Crippen LogP contribution in [0.5, 0.6) is 0 Å². The maximum atomic E-state index is 14.0. The van der Waals surface area contributed by atoms with Gasteiger partial charge in [0.2, 0.25) is 0 Å². The molecule has 0 saturated carbocycles. The number of fused-ring (bicyclic) bond motifs is 1. The Morgan fingerprint density at radius 3 is 1.96 bits per heavy atom. The van der Waals surface area contributed by atoms with Crippen LogP contribution < -0.4 is 5.56 Å². The van der Waals surface area contributed by atoms with Crippen molar-refractivity contribution in [1.29, 1.82) is 0 Å². The number of H-pyrrole nitrogens is 1. The highest BCUT2D eigenvalue weighted by atomic mass is 35.5. The normalized spacial score (nSPS) is 14.2. The highest BCUT2D eigenvalue weighted by Crippen LogP contribution is 2.56. The zero-order valence-corrected chi connectivity index (χ0v) is 13.0. The summed E-state index contributed by atoms with van der Waals surface area (Å²) in [5, 5.41) is -6.34. The van der Waals surface area contributed by atoms with Gasteiger partial charge in [-0.15, -0.1) is 0 Å². The first-order valence-electron chi connectivity index (χ1n) is 6.16. The van der Waals surface area contributed by atoms with Crippen LogP contribution in [0.1, 0.15) is 5.56 Å². The minimum absolute atomic E-state index is 0.0433. The molecule has 0 fully saturated rings. The average molecular weight is 414 g/mol. The Morgan fingerprint density at radius 2 is 1.44 bits per heavy atom. The second kappa shape index (κ2) is 5.73. The Labute approximate surface area is 143 Å². The van der Waals surface area contributed by atoms with Gasteiger partial charge in [0, 0.05) is 15.9 Å². The summed E-state index contributed by atoms with van der Waals surface area (Å²) in [5.41, 5.74) is -4.13. The predicted molar refractivity (Wildman–Crippen MR) is 74.2 cm³/mol. The lowest BCUT2D eigenvalue weighted by Crippen LogP contribution is -2.60. The maximum absolute atomic E-state index is 14.0. The Kier molecular flexibility index (Phi) is 4.53. The van der Waals surface area contributed by atoms with Crippen molar-refractivity contribution in [2.75, 3.05) is 0 Å². The van der Waals surface area contributed by atoms with Gasteiger partial charge in [-0.2, -0.15) is 35.1 Å². The van der Waals surface area contributed by atoms with Crippen molar-refractivity contribution >= 4 is 34.1 Å². The van der Waals surface area contributed by atoms with E-state index in [1.54, 1.807) is 4.98 Å².